The molecule has 0 radical (unpaired) electrons. The second-order valence-electron chi connectivity index (χ2n) is 8.05. The highest BCUT2D eigenvalue weighted by atomic mass is 35.5. The summed E-state index contributed by atoms with van der Waals surface area (Å²) >= 11 is 6.10. The van der Waals surface area contributed by atoms with E-state index < -0.39 is 28.5 Å². The van der Waals surface area contributed by atoms with Crippen LogP contribution in [-0.2, 0) is 26.2 Å². The van der Waals surface area contributed by atoms with Crippen molar-refractivity contribution in [2.75, 3.05) is 17.9 Å². The van der Waals surface area contributed by atoms with Crippen molar-refractivity contribution in [3.63, 3.8) is 0 Å². The van der Waals surface area contributed by atoms with E-state index in [9.17, 15) is 18.0 Å². The second-order valence-corrected chi connectivity index (χ2v) is 10.4. The quantitative estimate of drug-likeness (QED) is 0.468. The maximum Gasteiger partial charge on any atom is 0.264 e. The van der Waals surface area contributed by atoms with Crippen molar-refractivity contribution in [1.82, 2.24) is 10.2 Å². The van der Waals surface area contributed by atoms with Gasteiger partial charge >= 0.3 is 0 Å². The van der Waals surface area contributed by atoms with Crippen LogP contribution in [0.5, 0.6) is 0 Å². The number of sulfonamides is 1. The van der Waals surface area contributed by atoms with E-state index in [-0.39, 0.29) is 17.3 Å². The van der Waals surface area contributed by atoms with Gasteiger partial charge in [0.1, 0.15) is 12.6 Å². The molecular weight excluding hydrogens is 486 g/mol. The van der Waals surface area contributed by atoms with E-state index in [0.29, 0.717) is 16.3 Å². The van der Waals surface area contributed by atoms with Crippen LogP contribution in [0.1, 0.15) is 18.1 Å². The number of likely N-dealkylation sites (N-methyl/N-ethyl adjacent to an activating group) is 1. The molecular formula is C26H28ClN3O4S. The van der Waals surface area contributed by atoms with Gasteiger partial charge in [0.25, 0.3) is 10.0 Å². The molecule has 0 aromatic heterocycles. The van der Waals surface area contributed by atoms with E-state index in [4.69, 9.17) is 11.6 Å². The zero-order valence-electron chi connectivity index (χ0n) is 19.8. The standard InChI is InChI=1S/C26H28ClN3O4S/c1-19-16-22(27)14-15-24(19)30(35(33,34)23-12-8-5-9-13-23)18-25(31)29(20(2)26(32)28-3)17-21-10-6-4-7-11-21/h4-16,20H,17-18H2,1-3H3,(H,28,32)/t20-/m0/s1. The van der Waals surface area contributed by atoms with Gasteiger partial charge in [-0.1, -0.05) is 60.1 Å². The molecule has 2 amide bonds. The molecule has 35 heavy (non-hydrogen) atoms. The molecule has 1 atom stereocenters. The van der Waals surface area contributed by atoms with Gasteiger partial charge in [-0.3, -0.25) is 13.9 Å². The van der Waals surface area contributed by atoms with Crippen molar-refractivity contribution in [1.29, 1.82) is 0 Å². The van der Waals surface area contributed by atoms with Crippen LogP contribution in [0, 0.1) is 6.92 Å². The van der Waals surface area contributed by atoms with Crippen LogP contribution in [-0.4, -0.2) is 44.8 Å². The number of halogens is 1. The Kier molecular flexibility index (Phi) is 8.53. The first-order valence-electron chi connectivity index (χ1n) is 11.0. The number of amides is 2. The highest BCUT2D eigenvalue weighted by Crippen LogP contribution is 2.29. The minimum absolute atomic E-state index is 0.0520. The lowest BCUT2D eigenvalue weighted by molar-refractivity contribution is -0.139. The van der Waals surface area contributed by atoms with Crippen LogP contribution in [0.15, 0.2) is 83.8 Å². The SMILES string of the molecule is CNC(=O)[C@H](C)N(Cc1ccccc1)C(=O)CN(c1ccc(Cl)cc1C)S(=O)(=O)c1ccccc1. The summed E-state index contributed by atoms with van der Waals surface area (Å²) in [4.78, 5) is 27.6. The fourth-order valence-corrected chi connectivity index (χ4v) is 5.43. The molecule has 0 bridgehead atoms. The Balaban J connectivity index is 2.05. The molecule has 0 unspecified atom stereocenters. The summed E-state index contributed by atoms with van der Waals surface area (Å²) in [5.41, 5.74) is 1.74. The second kappa shape index (κ2) is 11.4. The van der Waals surface area contributed by atoms with Gasteiger partial charge < -0.3 is 10.2 Å². The van der Waals surface area contributed by atoms with Gasteiger partial charge in [-0.15, -0.1) is 0 Å². The first-order valence-corrected chi connectivity index (χ1v) is 12.9. The Labute approximate surface area is 211 Å². The molecule has 3 aromatic rings. The van der Waals surface area contributed by atoms with Crippen molar-refractivity contribution in [2.24, 2.45) is 0 Å². The predicted molar refractivity (Wildman–Crippen MR) is 138 cm³/mol. The molecule has 1 N–H and O–H groups in total. The van der Waals surface area contributed by atoms with Crippen molar-refractivity contribution in [2.45, 2.75) is 31.3 Å². The first kappa shape index (κ1) is 26.2. The minimum Gasteiger partial charge on any atom is -0.357 e. The maximum atomic E-state index is 13.7. The zero-order valence-corrected chi connectivity index (χ0v) is 21.4. The Bertz CT molecular complexity index is 1280. The summed E-state index contributed by atoms with van der Waals surface area (Å²) in [7, 11) is -2.61. The number of aryl methyl sites for hydroxylation is 1. The number of carbonyl (C=O) groups is 2. The van der Waals surface area contributed by atoms with Gasteiger partial charge in [0, 0.05) is 18.6 Å². The Hall–Kier alpha value is -3.36. The van der Waals surface area contributed by atoms with Crippen molar-refractivity contribution >= 4 is 39.1 Å². The van der Waals surface area contributed by atoms with Crippen LogP contribution in [0.3, 0.4) is 0 Å². The lowest BCUT2D eigenvalue weighted by Crippen LogP contribution is -2.50. The third-order valence-electron chi connectivity index (χ3n) is 5.65. The van der Waals surface area contributed by atoms with Crippen LogP contribution in [0.2, 0.25) is 5.02 Å². The van der Waals surface area contributed by atoms with Gasteiger partial charge in [0.05, 0.1) is 10.6 Å². The lowest BCUT2D eigenvalue weighted by atomic mass is 10.1. The average molecular weight is 514 g/mol. The molecule has 0 aliphatic heterocycles. The van der Waals surface area contributed by atoms with Crippen molar-refractivity contribution < 1.29 is 18.0 Å². The summed E-state index contributed by atoms with van der Waals surface area (Å²) in [6, 6.07) is 21.1. The zero-order chi connectivity index (χ0) is 25.6. The largest absolute Gasteiger partial charge is 0.357 e. The maximum absolute atomic E-state index is 13.7. The van der Waals surface area contributed by atoms with Crippen LogP contribution >= 0.6 is 11.6 Å². The highest BCUT2D eigenvalue weighted by Gasteiger charge is 2.32. The van der Waals surface area contributed by atoms with Crippen LogP contribution in [0.4, 0.5) is 5.69 Å². The molecule has 0 aliphatic rings. The fourth-order valence-electron chi connectivity index (χ4n) is 3.70. The van der Waals surface area contributed by atoms with Crippen molar-refractivity contribution in [3.05, 3.63) is 95.0 Å². The summed E-state index contributed by atoms with van der Waals surface area (Å²) in [5.74, 6) is -0.867. The number of nitrogens with one attached hydrogen (secondary N) is 1. The summed E-state index contributed by atoms with van der Waals surface area (Å²) in [6.45, 7) is 3.00. The Morgan fingerprint density at radius 2 is 1.57 bits per heavy atom. The average Bonchev–Trinajstić information content (AvgIpc) is 2.86. The van der Waals surface area contributed by atoms with Gasteiger partial charge in [-0.2, -0.15) is 0 Å². The van der Waals surface area contributed by atoms with E-state index in [1.807, 2.05) is 30.3 Å². The van der Waals surface area contributed by atoms with E-state index in [2.05, 4.69) is 5.32 Å². The number of benzene rings is 3. The molecule has 0 spiro atoms. The molecule has 3 rings (SSSR count). The molecule has 3 aromatic carbocycles. The van der Waals surface area contributed by atoms with E-state index in [0.717, 1.165) is 9.87 Å². The van der Waals surface area contributed by atoms with Crippen molar-refractivity contribution in [3.8, 4) is 0 Å². The fraction of sp³-hybridized carbons (Fsp3) is 0.231. The summed E-state index contributed by atoms with van der Waals surface area (Å²) in [6.07, 6.45) is 0. The number of anilines is 1. The Morgan fingerprint density at radius 3 is 2.14 bits per heavy atom. The smallest absolute Gasteiger partial charge is 0.264 e. The Morgan fingerprint density at radius 1 is 0.971 bits per heavy atom. The van der Waals surface area contributed by atoms with Gasteiger partial charge in [0.2, 0.25) is 11.8 Å². The predicted octanol–water partition coefficient (Wildman–Crippen LogP) is 4.01. The lowest BCUT2D eigenvalue weighted by Gasteiger charge is -2.32. The third kappa shape index (κ3) is 6.21. The number of hydrogen-bond acceptors (Lipinski definition) is 4. The van der Waals surface area contributed by atoms with Crippen LogP contribution < -0.4 is 9.62 Å². The van der Waals surface area contributed by atoms with E-state index >= 15 is 0 Å². The molecule has 0 saturated heterocycles. The monoisotopic (exact) mass is 513 g/mol. The summed E-state index contributed by atoms with van der Waals surface area (Å²) in [5, 5.41) is 3.02. The number of hydrogen-bond donors (Lipinski definition) is 1. The normalized spacial score (nSPS) is 12.0. The number of nitrogens with zero attached hydrogens (tertiary/aromatic N) is 2. The number of rotatable bonds is 9. The highest BCUT2D eigenvalue weighted by molar-refractivity contribution is 7.92. The minimum atomic E-state index is -4.10. The summed E-state index contributed by atoms with van der Waals surface area (Å²) < 4.78 is 28.5. The van der Waals surface area contributed by atoms with E-state index in [1.165, 1.54) is 24.1 Å². The first-order chi connectivity index (χ1) is 16.6. The molecule has 0 aliphatic carbocycles. The van der Waals surface area contributed by atoms with Gasteiger partial charge in [-0.25, -0.2) is 8.42 Å². The third-order valence-corrected chi connectivity index (χ3v) is 7.66. The van der Waals surface area contributed by atoms with Gasteiger partial charge in [0.15, 0.2) is 0 Å². The molecule has 0 saturated carbocycles. The van der Waals surface area contributed by atoms with E-state index in [1.54, 1.807) is 50.2 Å². The van der Waals surface area contributed by atoms with Crippen LogP contribution in [0.25, 0.3) is 0 Å². The molecule has 7 nitrogen and oxygen atoms in total. The molecule has 184 valence electrons. The topological polar surface area (TPSA) is 86.8 Å². The molecule has 0 heterocycles. The molecule has 9 heteroatoms. The van der Waals surface area contributed by atoms with Gasteiger partial charge in [-0.05, 0) is 55.3 Å². The number of carbonyl (C=O) groups excluding carboxylic acids is 2. The molecule has 0 fully saturated rings.